The van der Waals surface area contributed by atoms with E-state index < -0.39 is 0 Å². The van der Waals surface area contributed by atoms with Gasteiger partial charge in [0.1, 0.15) is 5.69 Å². The zero-order valence-corrected chi connectivity index (χ0v) is 12.3. The highest BCUT2D eigenvalue weighted by Crippen LogP contribution is 2.36. The molecule has 0 radical (unpaired) electrons. The van der Waals surface area contributed by atoms with E-state index >= 15 is 0 Å². The van der Waals surface area contributed by atoms with Gasteiger partial charge in [0.2, 0.25) is 0 Å². The second-order valence-corrected chi connectivity index (χ2v) is 6.06. The average molecular weight is 276 g/mol. The standard InChI is InChI=1S/C15H24N4O/c1-2-19-11-4-3-7-15(19)8-5-10-18(12-15)14(20)13-6-9-16-17-13/h6,9H,2-5,7-8,10-12H2,1H3,(H,16,17). The van der Waals surface area contributed by atoms with Crippen molar-refractivity contribution in [1.29, 1.82) is 0 Å². The molecule has 0 bridgehead atoms. The monoisotopic (exact) mass is 276 g/mol. The van der Waals surface area contributed by atoms with Crippen molar-refractivity contribution >= 4 is 5.91 Å². The van der Waals surface area contributed by atoms with Crippen LogP contribution >= 0.6 is 0 Å². The van der Waals surface area contributed by atoms with E-state index in [4.69, 9.17) is 0 Å². The van der Waals surface area contributed by atoms with Crippen LogP contribution in [0.5, 0.6) is 0 Å². The SMILES string of the molecule is CCN1CCCCC12CCCN(C(=O)c1ccn[nH]1)C2. The van der Waals surface area contributed by atoms with Crippen LogP contribution < -0.4 is 0 Å². The fraction of sp³-hybridized carbons (Fsp3) is 0.733. The highest BCUT2D eigenvalue weighted by Gasteiger charge is 2.42. The van der Waals surface area contributed by atoms with Crippen molar-refractivity contribution in [1.82, 2.24) is 20.0 Å². The van der Waals surface area contributed by atoms with Gasteiger partial charge >= 0.3 is 0 Å². The molecule has 2 aliphatic heterocycles. The molecule has 0 aliphatic carbocycles. The molecule has 3 rings (SSSR count). The summed E-state index contributed by atoms with van der Waals surface area (Å²) in [6.45, 7) is 6.26. The number of rotatable bonds is 2. The number of H-pyrrole nitrogens is 1. The quantitative estimate of drug-likeness (QED) is 0.897. The molecule has 0 aromatic carbocycles. The maximum Gasteiger partial charge on any atom is 0.271 e. The number of piperidine rings is 2. The molecule has 110 valence electrons. The lowest BCUT2D eigenvalue weighted by Gasteiger charge is -2.52. The summed E-state index contributed by atoms with van der Waals surface area (Å²) in [6, 6.07) is 1.77. The molecule has 2 aliphatic rings. The topological polar surface area (TPSA) is 52.2 Å². The van der Waals surface area contributed by atoms with Crippen molar-refractivity contribution < 1.29 is 4.79 Å². The first-order chi connectivity index (χ1) is 9.75. The molecule has 5 nitrogen and oxygen atoms in total. The Morgan fingerprint density at radius 3 is 2.95 bits per heavy atom. The minimum Gasteiger partial charge on any atom is -0.335 e. The van der Waals surface area contributed by atoms with Crippen LogP contribution in [0.2, 0.25) is 0 Å². The number of carbonyl (C=O) groups excluding carboxylic acids is 1. The number of hydrogen-bond acceptors (Lipinski definition) is 3. The third-order valence-corrected chi connectivity index (χ3v) is 4.95. The molecule has 2 fully saturated rings. The van der Waals surface area contributed by atoms with Gasteiger partial charge in [-0.25, -0.2) is 0 Å². The third-order valence-electron chi connectivity index (χ3n) is 4.95. The summed E-state index contributed by atoms with van der Waals surface area (Å²) in [5.74, 6) is 0.100. The van der Waals surface area contributed by atoms with Crippen molar-refractivity contribution in [2.24, 2.45) is 0 Å². The predicted octanol–water partition coefficient (Wildman–Crippen LogP) is 1.89. The second-order valence-electron chi connectivity index (χ2n) is 6.06. The highest BCUT2D eigenvalue weighted by molar-refractivity contribution is 5.92. The number of nitrogens with one attached hydrogen (secondary N) is 1. The molecule has 1 amide bonds. The first kappa shape index (κ1) is 13.6. The van der Waals surface area contributed by atoms with Crippen molar-refractivity contribution in [3.05, 3.63) is 18.0 Å². The Labute approximate surface area is 120 Å². The predicted molar refractivity (Wildman–Crippen MR) is 77.6 cm³/mol. The smallest absolute Gasteiger partial charge is 0.271 e. The van der Waals surface area contributed by atoms with E-state index in [2.05, 4.69) is 22.0 Å². The Bertz CT molecular complexity index is 454. The van der Waals surface area contributed by atoms with E-state index in [1.165, 1.54) is 32.2 Å². The second kappa shape index (κ2) is 5.56. The van der Waals surface area contributed by atoms with Crippen LogP contribution in [-0.2, 0) is 0 Å². The Kier molecular flexibility index (Phi) is 3.78. The van der Waals surface area contributed by atoms with Crippen LogP contribution in [0.4, 0.5) is 0 Å². The minimum absolute atomic E-state index is 0.100. The molecule has 0 saturated carbocycles. The van der Waals surface area contributed by atoms with Crippen LogP contribution in [0.25, 0.3) is 0 Å². The van der Waals surface area contributed by atoms with Gasteiger partial charge in [0.25, 0.3) is 5.91 Å². The molecule has 20 heavy (non-hydrogen) atoms. The number of likely N-dealkylation sites (N-methyl/N-ethyl adjacent to an activating group) is 1. The summed E-state index contributed by atoms with van der Waals surface area (Å²) < 4.78 is 0. The van der Waals surface area contributed by atoms with Crippen molar-refractivity contribution in [2.75, 3.05) is 26.2 Å². The van der Waals surface area contributed by atoms with Gasteiger partial charge < -0.3 is 4.90 Å². The van der Waals surface area contributed by atoms with Crippen LogP contribution in [0.15, 0.2) is 12.3 Å². The summed E-state index contributed by atoms with van der Waals surface area (Å²) in [5.41, 5.74) is 0.835. The molecule has 1 aromatic rings. The summed E-state index contributed by atoms with van der Waals surface area (Å²) >= 11 is 0. The van der Waals surface area contributed by atoms with E-state index in [1.807, 2.05) is 4.90 Å². The normalized spacial score (nSPS) is 27.9. The number of nitrogens with zero attached hydrogens (tertiary/aromatic N) is 3. The van der Waals surface area contributed by atoms with E-state index in [0.717, 1.165) is 26.1 Å². The summed E-state index contributed by atoms with van der Waals surface area (Å²) in [6.07, 6.45) is 7.80. The molecule has 3 heterocycles. The minimum atomic E-state index is 0.100. The first-order valence-corrected chi connectivity index (χ1v) is 7.79. The van der Waals surface area contributed by atoms with E-state index in [1.54, 1.807) is 12.3 Å². The highest BCUT2D eigenvalue weighted by atomic mass is 16.2. The lowest BCUT2D eigenvalue weighted by molar-refractivity contribution is -0.00932. The Morgan fingerprint density at radius 2 is 2.20 bits per heavy atom. The zero-order chi connectivity index (χ0) is 14.0. The average Bonchev–Trinajstić information content (AvgIpc) is 3.01. The summed E-state index contributed by atoms with van der Waals surface area (Å²) in [4.78, 5) is 17.1. The lowest BCUT2D eigenvalue weighted by atomic mass is 9.79. The van der Waals surface area contributed by atoms with E-state index in [9.17, 15) is 4.79 Å². The van der Waals surface area contributed by atoms with Crippen molar-refractivity contribution in [2.45, 2.75) is 44.6 Å². The van der Waals surface area contributed by atoms with Crippen LogP contribution in [0.1, 0.15) is 49.5 Å². The number of aromatic nitrogens is 2. The van der Waals surface area contributed by atoms with Gasteiger partial charge in [-0.1, -0.05) is 13.3 Å². The van der Waals surface area contributed by atoms with Crippen LogP contribution in [0, 0.1) is 0 Å². The number of likely N-dealkylation sites (tertiary alicyclic amines) is 2. The Hall–Kier alpha value is -1.36. The fourth-order valence-corrected chi connectivity index (χ4v) is 3.94. The molecule has 2 saturated heterocycles. The third kappa shape index (κ3) is 2.35. The molecular formula is C15H24N4O. The molecular weight excluding hydrogens is 252 g/mol. The van der Waals surface area contributed by atoms with Gasteiger partial charge in [-0.2, -0.15) is 5.10 Å². The van der Waals surface area contributed by atoms with Crippen molar-refractivity contribution in [3.8, 4) is 0 Å². The van der Waals surface area contributed by atoms with E-state index in [-0.39, 0.29) is 11.4 Å². The maximum absolute atomic E-state index is 12.5. The number of aromatic amines is 1. The van der Waals surface area contributed by atoms with Gasteiger partial charge in [-0.3, -0.25) is 14.8 Å². The zero-order valence-electron chi connectivity index (χ0n) is 12.3. The van der Waals surface area contributed by atoms with Gasteiger partial charge in [-0.15, -0.1) is 0 Å². The van der Waals surface area contributed by atoms with Gasteiger partial charge in [0, 0.05) is 24.8 Å². The fourth-order valence-electron chi connectivity index (χ4n) is 3.94. The van der Waals surface area contributed by atoms with Gasteiger partial charge in [-0.05, 0) is 44.8 Å². The Morgan fingerprint density at radius 1 is 1.35 bits per heavy atom. The molecule has 1 N–H and O–H groups in total. The molecule has 1 atom stereocenters. The van der Waals surface area contributed by atoms with Gasteiger partial charge in [0.05, 0.1) is 0 Å². The van der Waals surface area contributed by atoms with E-state index in [0.29, 0.717) is 5.69 Å². The number of hydrogen-bond donors (Lipinski definition) is 1. The van der Waals surface area contributed by atoms with Gasteiger partial charge in [0.15, 0.2) is 0 Å². The first-order valence-electron chi connectivity index (χ1n) is 7.79. The molecule has 1 aromatic heterocycles. The molecule has 1 spiro atoms. The van der Waals surface area contributed by atoms with Crippen LogP contribution in [0.3, 0.4) is 0 Å². The van der Waals surface area contributed by atoms with Crippen LogP contribution in [-0.4, -0.2) is 57.6 Å². The van der Waals surface area contributed by atoms with Crippen molar-refractivity contribution in [3.63, 3.8) is 0 Å². The largest absolute Gasteiger partial charge is 0.335 e. The molecule has 1 unspecified atom stereocenters. The maximum atomic E-state index is 12.5. The number of carbonyl (C=O) groups is 1. The number of amides is 1. The molecule has 5 heteroatoms. The summed E-state index contributed by atoms with van der Waals surface area (Å²) in [7, 11) is 0. The Balaban J connectivity index is 1.77. The lowest BCUT2D eigenvalue weighted by Crippen LogP contribution is -2.61. The summed E-state index contributed by atoms with van der Waals surface area (Å²) in [5, 5.41) is 6.69.